The molecular formula is C14H9ClN2. The summed E-state index contributed by atoms with van der Waals surface area (Å²) in [7, 11) is 0. The SMILES string of the molecule is Clc1cc(-c2cccnc2)c2ccncc2c1. The van der Waals surface area contributed by atoms with Crippen molar-refractivity contribution in [2.75, 3.05) is 0 Å². The molecule has 0 aliphatic carbocycles. The second-order valence-corrected chi connectivity index (χ2v) is 4.23. The molecule has 0 bridgehead atoms. The van der Waals surface area contributed by atoms with E-state index >= 15 is 0 Å². The number of hydrogen-bond acceptors (Lipinski definition) is 2. The van der Waals surface area contributed by atoms with Gasteiger partial charge in [-0.2, -0.15) is 0 Å². The zero-order valence-corrected chi connectivity index (χ0v) is 9.72. The van der Waals surface area contributed by atoms with Crippen molar-refractivity contribution < 1.29 is 0 Å². The number of rotatable bonds is 1. The van der Waals surface area contributed by atoms with Crippen molar-refractivity contribution in [2.24, 2.45) is 0 Å². The zero-order chi connectivity index (χ0) is 11.7. The first-order valence-corrected chi connectivity index (χ1v) is 5.66. The van der Waals surface area contributed by atoms with Crippen molar-refractivity contribution in [1.29, 1.82) is 0 Å². The summed E-state index contributed by atoms with van der Waals surface area (Å²) in [6, 6.07) is 9.82. The molecule has 0 saturated heterocycles. The first kappa shape index (κ1) is 10.2. The lowest BCUT2D eigenvalue weighted by Gasteiger charge is -2.07. The Morgan fingerprint density at radius 3 is 2.65 bits per heavy atom. The molecule has 0 atom stereocenters. The van der Waals surface area contributed by atoms with Gasteiger partial charge in [-0.05, 0) is 35.2 Å². The van der Waals surface area contributed by atoms with Gasteiger partial charge >= 0.3 is 0 Å². The van der Waals surface area contributed by atoms with Gasteiger partial charge in [0.2, 0.25) is 0 Å². The maximum absolute atomic E-state index is 6.13. The summed E-state index contributed by atoms with van der Waals surface area (Å²) >= 11 is 6.13. The number of nitrogens with zero attached hydrogens (tertiary/aromatic N) is 2. The lowest BCUT2D eigenvalue weighted by atomic mass is 10.0. The van der Waals surface area contributed by atoms with Gasteiger partial charge in [-0.1, -0.05) is 17.7 Å². The van der Waals surface area contributed by atoms with Gasteiger partial charge in [-0.25, -0.2) is 0 Å². The molecule has 3 heteroatoms. The van der Waals surface area contributed by atoms with Crippen LogP contribution in [0.5, 0.6) is 0 Å². The van der Waals surface area contributed by atoms with E-state index in [-0.39, 0.29) is 0 Å². The third-order valence-corrected chi connectivity index (χ3v) is 2.91. The van der Waals surface area contributed by atoms with Crippen molar-refractivity contribution >= 4 is 22.4 Å². The molecule has 0 unspecified atom stereocenters. The lowest BCUT2D eigenvalue weighted by Crippen LogP contribution is -1.84. The minimum absolute atomic E-state index is 0.712. The van der Waals surface area contributed by atoms with Gasteiger partial charge in [0.05, 0.1) is 0 Å². The molecular weight excluding hydrogens is 232 g/mol. The second-order valence-electron chi connectivity index (χ2n) is 3.79. The molecule has 0 amide bonds. The summed E-state index contributed by atoms with van der Waals surface area (Å²) in [5, 5.41) is 2.89. The Hall–Kier alpha value is -1.93. The van der Waals surface area contributed by atoms with Gasteiger partial charge in [0.1, 0.15) is 0 Å². The fraction of sp³-hybridized carbons (Fsp3) is 0. The molecule has 3 rings (SSSR count). The molecule has 0 saturated carbocycles. The highest BCUT2D eigenvalue weighted by molar-refractivity contribution is 6.32. The van der Waals surface area contributed by atoms with Crippen molar-refractivity contribution in [3.8, 4) is 11.1 Å². The van der Waals surface area contributed by atoms with Crippen LogP contribution in [0.15, 0.2) is 55.1 Å². The van der Waals surface area contributed by atoms with Crippen LogP contribution in [-0.2, 0) is 0 Å². The highest BCUT2D eigenvalue weighted by Crippen LogP contribution is 2.30. The van der Waals surface area contributed by atoms with Crippen LogP contribution in [0, 0.1) is 0 Å². The monoisotopic (exact) mass is 240 g/mol. The van der Waals surface area contributed by atoms with E-state index in [1.807, 2.05) is 42.7 Å². The summed E-state index contributed by atoms with van der Waals surface area (Å²) in [5.41, 5.74) is 2.15. The number of halogens is 1. The standard InChI is InChI=1S/C14H9ClN2/c15-12-6-11-9-17-5-3-13(11)14(7-12)10-2-1-4-16-8-10/h1-9H. The van der Waals surface area contributed by atoms with E-state index in [9.17, 15) is 0 Å². The van der Waals surface area contributed by atoms with Crippen LogP contribution in [0.4, 0.5) is 0 Å². The van der Waals surface area contributed by atoms with Gasteiger partial charge < -0.3 is 0 Å². The van der Waals surface area contributed by atoms with Crippen molar-refractivity contribution in [3.05, 3.63) is 60.1 Å². The summed E-state index contributed by atoms with van der Waals surface area (Å²) in [6.07, 6.45) is 7.21. The number of benzene rings is 1. The number of pyridine rings is 2. The molecule has 0 radical (unpaired) electrons. The van der Waals surface area contributed by atoms with E-state index in [1.165, 1.54) is 0 Å². The van der Waals surface area contributed by atoms with E-state index < -0.39 is 0 Å². The molecule has 2 heterocycles. The van der Waals surface area contributed by atoms with Gasteiger partial charge in [-0.15, -0.1) is 0 Å². The van der Waals surface area contributed by atoms with Crippen LogP contribution in [0.1, 0.15) is 0 Å². The molecule has 0 spiro atoms. The quantitative estimate of drug-likeness (QED) is 0.644. The van der Waals surface area contributed by atoms with E-state index in [0.29, 0.717) is 5.02 Å². The predicted molar refractivity (Wildman–Crippen MR) is 70.0 cm³/mol. The molecule has 0 N–H and O–H groups in total. The van der Waals surface area contributed by atoms with Crippen LogP contribution in [0.3, 0.4) is 0 Å². The van der Waals surface area contributed by atoms with Gasteiger partial charge in [-0.3, -0.25) is 9.97 Å². The van der Waals surface area contributed by atoms with Crippen LogP contribution in [0.2, 0.25) is 5.02 Å². The van der Waals surface area contributed by atoms with Crippen LogP contribution < -0.4 is 0 Å². The fourth-order valence-electron chi connectivity index (χ4n) is 1.93. The number of aromatic nitrogens is 2. The first-order valence-electron chi connectivity index (χ1n) is 5.28. The molecule has 1 aromatic carbocycles. The third-order valence-electron chi connectivity index (χ3n) is 2.69. The van der Waals surface area contributed by atoms with Crippen LogP contribution in [-0.4, -0.2) is 9.97 Å². The largest absolute Gasteiger partial charge is 0.264 e. The lowest BCUT2D eigenvalue weighted by molar-refractivity contribution is 1.33. The van der Waals surface area contributed by atoms with Gasteiger partial charge in [0.25, 0.3) is 0 Å². The summed E-state index contributed by atoms with van der Waals surface area (Å²) in [6.45, 7) is 0. The third kappa shape index (κ3) is 1.87. The fourth-order valence-corrected chi connectivity index (χ4v) is 2.16. The molecule has 2 aromatic heterocycles. The molecule has 82 valence electrons. The number of fused-ring (bicyclic) bond motifs is 1. The Bertz CT molecular complexity index is 665. The summed E-state index contributed by atoms with van der Waals surface area (Å²) < 4.78 is 0. The van der Waals surface area contributed by atoms with Crippen molar-refractivity contribution in [3.63, 3.8) is 0 Å². The molecule has 2 nitrogen and oxygen atoms in total. The number of hydrogen-bond donors (Lipinski definition) is 0. The average molecular weight is 241 g/mol. The minimum atomic E-state index is 0.712. The normalized spacial score (nSPS) is 10.6. The highest BCUT2D eigenvalue weighted by atomic mass is 35.5. The highest BCUT2D eigenvalue weighted by Gasteiger charge is 2.05. The Labute approximate surface area is 104 Å². The second kappa shape index (κ2) is 4.15. The average Bonchev–Trinajstić information content (AvgIpc) is 2.39. The van der Waals surface area contributed by atoms with Crippen LogP contribution >= 0.6 is 11.6 Å². The predicted octanol–water partition coefficient (Wildman–Crippen LogP) is 3.95. The molecule has 0 aliphatic heterocycles. The molecule has 17 heavy (non-hydrogen) atoms. The van der Waals surface area contributed by atoms with Crippen LogP contribution in [0.25, 0.3) is 21.9 Å². The summed E-state index contributed by atoms with van der Waals surface area (Å²) in [4.78, 5) is 8.25. The Kier molecular flexibility index (Phi) is 2.50. The van der Waals surface area contributed by atoms with Gasteiger partial charge in [0.15, 0.2) is 0 Å². The molecule has 0 fully saturated rings. The van der Waals surface area contributed by atoms with Crippen molar-refractivity contribution in [1.82, 2.24) is 9.97 Å². The van der Waals surface area contributed by atoms with E-state index in [0.717, 1.165) is 21.9 Å². The van der Waals surface area contributed by atoms with E-state index in [4.69, 9.17) is 11.6 Å². The minimum Gasteiger partial charge on any atom is -0.264 e. The van der Waals surface area contributed by atoms with Gasteiger partial charge in [0, 0.05) is 40.8 Å². The van der Waals surface area contributed by atoms with E-state index in [1.54, 1.807) is 12.4 Å². The zero-order valence-electron chi connectivity index (χ0n) is 8.97. The topological polar surface area (TPSA) is 25.8 Å². The Morgan fingerprint density at radius 1 is 0.941 bits per heavy atom. The Morgan fingerprint density at radius 2 is 1.82 bits per heavy atom. The van der Waals surface area contributed by atoms with E-state index in [2.05, 4.69) is 9.97 Å². The maximum Gasteiger partial charge on any atom is 0.0419 e. The maximum atomic E-state index is 6.13. The first-order chi connectivity index (χ1) is 8.34. The molecule has 3 aromatic rings. The van der Waals surface area contributed by atoms with Crippen molar-refractivity contribution in [2.45, 2.75) is 0 Å². The molecule has 0 aliphatic rings. The Balaban J connectivity index is 2.36. The summed E-state index contributed by atoms with van der Waals surface area (Å²) in [5.74, 6) is 0. The smallest absolute Gasteiger partial charge is 0.0419 e.